The molecule has 0 saturated heterocycles. The lowest BCUT2D eigenvalue weighted by atomic mass is 10.2. The molecule has 6 nitrogen and oxygen atoms in total. The number of fused-ring (bicyclic) bond motifs is 1. The monoisotopic (exact) mass is 363 g/mol. The van der Waals surface area contributed by atoms with Crippen molar-refractivity contribution in [2.45, 2.75) is 33.2 Å². The molecule has 0 unspecified atom stereocenters. The molecule has 0 aliphatic carbocycles. The van der Waals surface area contributed by atoms with Crippen molar-refractivity contribution in [3.8, 4) is 11.5 Å². The van der Waals surface area contributed by atoms with Crippen LogP contribution in [0.15, 0.2) is 18.2 Å². The molecule has 0 radical (unpaired) electrons. The van der Waals surface area contributed by atoms with Gasteiger partial charge in [-0.25, -0.2) is 0 Å². The van der Waals surface area contributed by atoms with Gasteiger partial charge in [0.25, 0.3) is 5.91 Å². The van der Waals surface area contributed by atoms with Crippen molar-refractivity contribution in [2.75, 3.05) is 19.8 Å². The molecule has 0 atom stereocenters. The van der Waals surface area contributed by atoms with Crippen molar-refractivity contribution >= 4 is 17.5 Å². The highest BCUT2D eigenvalue weighted by Gasteiger charge is 2.18. The van der Waals surface area contributed by atoms with Gasteiger partial charge in [-0.15, -0.1) is 0 Å². The summed E-state index contributed by atoms with van der Waals surface area (Å²) >= 11 is 6.23. The maximum Gasteiger partial charge on any atom is 0.251 e. The molecule has 1 amide bonds. The predicted octanol–water partition coefficient (Wildman–Crippen LogP) is 3.13. The minimum absolute atomic E-state index is 0.175. The van der Waals surface area contributed by atoms with Gasteiger partial charge < -0.3 is 14.8 Å². The number of benzene rings is 1. The van der Waals surface area contributed by atoms with Gasteiger partial charge in [0, 0.05) is 30.8 Å². The lowest BCUT2D eigenvalue weighted by Gasteiger charge is -2.12. The first-order chi connectivity index (χ1) is 12.0. The third kappa shape index (κ3) is 4.25. The van der Waals surface area contributed by atoms with Crippen LogP contribution in [0.3, 0.4) is 0 Å². The average Bonchev–Trinajstić information content (AvgIpc) is 2.76. The Morgan fingerprint density at radius 1 is 1.28 bits per heavy atom. The second kappa shape index (κ2) is 7.78. The number of amides is 1. The summed E-state index contributed by atoms with van der Waals surface area (Å²) in [6, 6.07) is 5.34. The van der Waals surface area contributed by atoms with E-state index in [9.17, 15) is 4.79 Å². The first-order valence-electron chi connectivity index (χ1n) is 8.43. The van der Waals surface area contributed by atoms with Crippen LogP contribution >= 0.6 is 11.6 Å². The number of aryl methyl sites for hydroxylation is 3. The number of hydrogen-bond donors (Lipinski definition) is 1. The second-order valence-electron chi connectivity index (χ2n) is 6.10. The van der Waals surface area contributed by atoms with Gasteiger partial charge >= 0.3 is 0 Å². The van der Waals surface area contributed by atoms with Gasteiger partial charge in [0.15, 0.2) is 11.5 Å². The van der Waals surface area contributed by atoms with E-state index in [-0.39, 0.29) is 5.91 Å². The number of carbonyl (C=O) groups is 1. The second-order valence-corrected chi connectivity index (χ2v) is 6.50. The molecule has 25 heavy (non-hydrogen) atoms. The summed E-state index contributed by atoms with van der Waals surface area (Å²) in [5.74, 6) is 0.865. The molecule has 0 spiro atoms. The fraction of sp³-hybridized carbons (Fsp3) is 0.444. The van der Waals surface area contributed by atoms with E-state index in [0.29, 0.717) is 41.8 Å². The molecule has 1 aromatic heterocycles. The topological polar surface area (TPSA) is 65.4 Å². The standard InChI is InChI=1S/C18H22ClN3O3/c1-12-9-13(2)22(21-12)6-3-5-20-18(23)14-10-15(19)17-16(11-14)24-7-4-8-25-17/h9-11H,3-8H2,1-2H3,(H,20,23). The Balaban J connectivity index is 1.57. The first-order valence-corrected chi connectivity index (χ1v) is 8.81. The molecular formula is C18H22ClN3O3. The van der Waals surface area contributed by atoms with Crippen LogP contribution in [0.4, 0.5) is 0 Å². The van der Waals surface area contributed by atoms with Crippen molar-refractivity contribution in [1.82, 2.24) is 15.1 Å². The maximum atomic E-state index is 12.4. The van der Waals surface area contributed by atoms with Gasteiger partial charge in [-0.3, -0.25) is 9.48 Å². The summed E-state index contributed by atoms with van der Waals surface area (Å²) in [6.07, 6.45) is 1.59. The number of nitrogens with zero attached hydrogens (tertiary/aromatic N) is 2. The quantitative estimate of drug-likeness (QED) is 0.829. The summed E-state index contributed by atoms with van der Waals surface area (Å²) in [5.41, 5.74) is 2.60. The van der Waals surface area contributed by atoms with E-state index < -0.39 is 0 Å². The number of ether oxygens (including phenoxy) is 2. The highest BCUT2D eigenvalue weighted by Crippen LogP contribution is 2.37. The van der Waals surface area contributed by atoms with Crippen LogP contribution in [0.5, 0.6) is 11.5 Å². The van der Waals surface area contributed by atoms with Crippen LogP contribution in [0.1, 0.15) is 34.6 Å². The number of carbonyl (C=O) groups excluding carboxylic acids is 1. The molecule has 1 aliphatic heterocycles. The normalized spacial score (nSPS) is 13.4. The van der Waals surface area contributed by atoms with Crippen LogP contribution in [0.25, 0.3) is 0 Å². The lowest BCUT2D eigenvalue weighted by Crippen LogP contribution is -2.25. The minimum atomic E-state index is -0.175. The Morgan fingerprint density at radius 3 is 2.84 bits per heavy atom. The van der Waals surface area contributed by atoms with Crippen molar-refractivity contribution in [1.29, 1.82) is 0 Å². The molecule has 1 aliphatic rings. The molecular weight excluding hydrogens is 342 g/mol. The van der Waals surface area contributed by atoms with Crippen molar-refractivity contribution < 1.29 is 14.3 Å². The molecule has 2 heterocycles. The Morgan fingerprint density at radius 2 is 2.08 bits per heavy atom. The first kappa shape index (κ1) is 17.6. The van der Waals surface area contributed by atoms with Gasteiger partial charge in [-0.2, -0.15) is 5.10 Å². The van der Waals surface area contributed by atoms with Crippen LogP contribution in [0, 0.1) is 13.8 Å². The lowest BCUT2D eigenvalue weighted by molar-refractivity contribution is 0.0952. The molecule has 1 N–H and O–H groups in total. The molecule has 0 bridgehead atoms. The average molecular weight is 364 g/mol. The summed E-state index contributed by atoms with van der Waals surface area (Å²) in [6.45, 7) is 6.43. The fourth-order valence-electron chi connectivity index (χ4n) is 2.80. The van der Waals surface area contributed by atoms with Gasteiger partial charge in [-0.05, 0) is 38.5 Å². The summed E-state index contributed by atoms with van der Waals surface area (Å²) < 4.78 is 13.1. The van der Waals surface area contributed by atoms with E-state index in [0.717, 1.165) is 30.8 Å². The maximum absolute atomic E-state index is 12.4. The Hall–Kier alpha value is -2.21. The third-order valence-corrected chi connectivity index (χ3v) is 4.28. The van der Waals surface area contributed by atoms with Crippen LogP contribution in [-0.2, 0) is 6.54 Å². The smallest absolute Gasteiger partial charge is 0.251 e. The third-order valence-electron chi connectivity index (χ3n) is 4.00. The predicted molar refractivity (Wildman–Crippen MR) is 95.7 cm³/mol. The Labute approximate surface area is 152 Å². The van der Waals surface area contributed by atoms with Gasteiger partial charge in [0.2, 0.25) is 0 Å². The van der Waals surface area contributed by atoms with E-state index in [4.69, 9.17) is 21.1 Å². The molecule has 0 saturated carbocycles. The van der Waals surface area contributed by atoms with E-state index in [2.05, 4.69) is 10.4 Å². The zero-order chi connectivity index (χ0) is 17.8. The van der Waals surface area contributed by atoms with Crippen molar-refractivity contribution in [3.63, 3.8) is 0 Å². The molecule has 1 aromatic carbocycles. The number of hydrogen-bond acceptors (Lipinski definition) is 4. The van der Waals surface area contributed by atoms with Crippen molar-refractivity contribution in [2.24, 2.45) is 0 Å². The molecule has 7 heteroatoms. The Bertz CT molecular complexity index is 773. The molecule has 134 valence electrons. The van der Waals surface area contributed by atoms with E-state index in [1.54, 1.807) is 12.1 Å². The zero-order valence-corrected chi connectivity index (χ0v) is 15.2. The molecule has 3 rings (SSSR count). The van der Waals surface area contributed by atoms with Crippen LogP contribution in [-0.4, -0.2) is 35.4 Å². The fourth-order valence-corrected chi connectivity index (χ4v) is 3.06. The number of aromatic nitrogens is 2. The zero-order valence-electron chi connectivity index (χ0n) is 14.5. The van der Waals surface area contributed by atoms with E-state index in [1.807, 2.05) is 24.6 Å². The summed E-state index contributed by atoms with van der Waals surface area (Å²) in [4.78, 5) is 12.4. The van der Waals surface area contributed by atoms with E-state index >= 15 is 0 Å². The summed E-state index contributed by atoms with van der Waals surface area (Å²) in [5, 5.41) is 7.72. The number of rotatable bonds is 5. The number of nitrogens with one attached hydrogen (secondary N) is 1. The van der Waals surface area contributed by atoms with Gasteiger partial charge in [0.1, 0.15) is 0 Å². The van der Waals surface area contributed by atoms with Gasteiger partial charge in [0.05, 0.1) is 23.9 Å². The highest BCUT2D eigenvalue weighted by atomic mass is 35.5. The van der Waals surface area contributed by atoms with Crippen LogP contribution < -0.4 is 14.8 Å². The van der Waals surface area contributed by atoms with Crippen LogP contribution in [0.2, 0.25) is 5.02 Å². The summed E-state index contributed by atoms with van der Waals surface area (Å²) in [7, 11) is 0. The van der Waals surface area contributed by atoms with Gasteiger partial charge in [-0.1, -0.05) is 11.6 Å². The van der Waals surface area contributed by atoms with E-state index in [1.165, 1.54) is 0 Å². The highest BCUT2D eigenvalue weighted by molar-refractivity contribution is 6.32. The largest absolute Gasteiger partial charge is 0.489 e. The minimum Gasteiger partial charge on any atom is -0.489 e. The molecule has 0 fully saturated rings. The number of halogens is 1. The SMILES string of the molecule is Cc1cc(C)n(CCCNC(=O)c2cc(Cl)c3c(c2)OCCCO3)n1. The van der Waals surface area contributed by atoms with Crippen molar-refractivity contribution in [3.05, 3.63) is 40.2 Å². The Kier molecular flexibility index (Phi) is 5.48. The molecule has 2 aromatic rings.